The Morgan fingerprint density at radius 2 is 1.96 bits per heavy atom. The van der Waals surface area contributed by atoms with E-state index >= 15 is 0 Å². The first-order valence-electron chi connectivity index (χ1n) is 7.49. The Bertz CT molecular complexity index is 779. The summed E-state index contributed by atoms with van der Waals surface area (Å²) in [5, 5.41) is 0. The number of allylic oxidation sites excluding steroid dienone is 1. The van der Waals surface area contributed by atoms with Crippen molar-refractivity contribution < 1.29 is 13.9 Å². The summed E-state index contributed by atoms with van der Waals surface area (Å²) in [4.78, 5) is 16.1. The summed E-state index contributed by atoms with van der Waals surface area (Å²) in [6, 6.07) is 13.4. The van der Waals surface area contributed by atoms with Gasteiger partial charge in [0.15, 0.2) is 0 Å². The number of nitrogens with two attached hydrogens (primary N) is 1. The zero-order valence-electron chi connectivity index (χ0n) is 13.6. The van der Waals surface area contributed by atoms with Crippen LogP contribution in [0.1, 0.15) is 35.3 Å². The van der Waals surface area contributed by atoms with Crippen molar-refractivity contribution in [3.63, 3.8) is 0 Å². The fourth-order valence-electron chi connectivity index (χ4n) is 2.13. The number of benzene rings is 2. The predicted octanol–water partition coefficient (Wildman–Crippen LogP) is 3.92. The molecule has 2 rings (SSSR count). The molecule has 0 heterocycles. The molecule has 0 unspecified atom stereocenters. The lowest BCUT2D eigenvalue weighted by Crippen LogP contribution is -2.07. The van der Waals surface area contributed by atoms with E-state index in [0.717, 1.165) is 11.6 Å². The van der Waals surface area contributed by atoms with Gasteiger partial charge in [-0.05, 0) is 37.6 Å². The molecule has 0 saturated carbocycles. The normalized spacial score (nSPS) is 12.1. The van der Waals surface area contributed by atoms with E-state index in [-0.39, 0.29) is 17.7 Å². The van der Waals surface area contributed by atoms with E-state index in [0.29, 0.717) is 11.5 Å². The maximum Gasteiger partial charge on any atom is 0.338 e. The molecule has 0 aliphatic heterocycles. The van der Waals surface area contributed by atoms with Crippen LogP contribution in [0.3, 0.4) is 0 Å². The molecule has 0 fully saturated rings. The largest absolute Gasteiger partial charge is 0.457 e. The Morgan fingerprint density at radius 3 is 2.54 bits per heavy atom. The van der Waals surface area contributed by atoms with Crippen molar-refractivity contribution in [2.75, 3.05) is 0 Å². The third kappa shape index (κ3) is 4.52. The summed E-state index contributed by atoms with van der Waals surface area (Å²) in [6.45, 7) is 3.50. The molecule has 4 nitrogen and oxygen atoms in total. The number of carbonyl (C=O) groups is 1. The van der Waals surface area contributed by atoms with Gasteiger partial charge in [0.1, 0.15) is 12.4 Å². The molecule has 0 aromatic heterocycles. The van der Waals surface area contributed by atoms with Crippen LogP contribution in [0.4, 0.5) is 4.39 Å². The van der Waals surface area contributed by atoms with Crippen LogP contribution in [0, 0.1) is 5.82 Å². The lowest BCUT2D eigenvalue weighted by atomic mass is 10.1. The smallest absolute Gasteiger partial charge is 0.338 e. The van der Waals surface area contributed by atoms with Gasteiger partial charge < -0.3 is 10.5 Å². The first-order chi connectivity index (χ1) is 11.5. The summed E-state index contributed by atoms with van der Waals surface area (Å²) >= 11 is 0. The molecule has 0 spiro atoms. The van der Waals surface area contributed by atoms with E-state index in [1.165, 1.54) is 12.1 Å². The number of hydrogen-bond donors (Lipinski definition) is 1. The van der Waals surface area contributed by atoms with Gasteiger partial charge in [0.05, 0.1) is 17.1 Å². The Hall–Kier alpha value is -2.95. The molecular weight excluding hydrogens is 307 g/mol. The van der Waals surface area contributed by atoms with Gasteiger partial charge in [0.25, 0.3) is 0 Å². The van der Waals surface area contributed by atoms with Crippen LogP contribution in [-0.2, 0) is 11.3 Å². The molecule has 0 aliphatic rings. The minimum Gasteiger partial charge on any atom is -0.457 e. The SMILES string of the molecule is C/C=C(\N=C(/C)N)c1ccc(C(=O)OCc2ccccc2)cc1F. The Balaban J connectivity index is 2.14. The second-order valence-electron chi connectivity index (χ2n) is 5.18. The Kier molecular flexibility index (Phi) is 5.84. The van der Waals surface area contributed by atoms with E-state index in [9.17, 15) is 9.18 Å². The molecule has 2 aromatic carbocycles. The third-order valence-corrected chi connectivity index (χ3v) is 3.26. The topological polar surface area (TPSA) is 64.7 Å². The van der Waals surface area contributed by atoms with Gasteiger partial charge in [-0.1, -0.05) is 36.4 Å². The van der Waals surface area contributed by atoms with Gasteiger partial charge >= 0.3 is 5.97 Å². The minimum atomic E-state index is -0.579. The summed E-state index contributed by atoms with van der Waals surface area (Å²) in [5.74, 6) is -0.805. The van der Waals surface area contributed by atoms with E-state index in [1.54, 1.807) is 19.9 Å². The van der Waals surface area contributed by atoms with Crippen molar-refractivity contribution >= 4 is 17.5 Å². The van der Waals surface area contributed by atoms with Crippen molar-refractivity contribution in [3.8, 4) is 0 Å². The number of ether oxygens (including phenoxy) is 1. The van der Waals surface area contributed by atoms with Crippen molar-refractivity contribution in [2.45, 2.75) is 20.5 Å². The number of amidine groups is 1. The fraction of sp³-hybridized carbons (Fsp3) is 0.158. The molecule has 0 aliphatic carbocycles. The number of rotatable bonds is 5. The van der Waals surface area contributed by atoms with Crippen LogP contribution in [0.25, 0.3) is 5.70 Å². The monoisotopic (exact) mass is 326 g/mol. The van der Waals surface area contributed by atoms with Gasteiger partial charge in [-0.2, -0.15) is 0 Å². The second kappa shape index (κ2) is 8.06. The summed E-state index contributed by atoms with van der Waals surface area (Å²) in [7, 11) is 0. The van der Waals surface area contributed by atoms with E-state index in [2.05, 4.69) is 4.99 Å². The quantitative estimate of drug-likeness (QED) is 0.514. The van der Waals surface area contributed by atoms with Crippen LogP contribution < -0.4 is 5.73 Å². The van der Waals surface area contributed by atoms with E-state index in [1.807, 2.05) is 30.3 Å². The summed E-state index contributed by atoms with van der Waals surface area (Å²) in [5.41, 5.74) is 7.25. The number of carbonyl (C=O) groups excluding carboxylic acids is 1. The zero-order valence-corrected chi connectivity index (χ0v) is 13.6. The van der Waals surface area contributed by atoms with Gasteiger partial charge in [-0.25, -0.2) is 14.2 Å². The lowest BCUT2D eigenvalue weighted by molar-refractivity contribution is 0.0472. The molecule has 24 heavy (non-hydrogen) atoms. The number of hydrogen-bond acceptors (Lipinski definition) is 3. The fourth-order valence-corrected chi connectivity index (χ4v) is 2.13. The first kappa shape index (κ1) is 17.4. The molecule has 0 radical (unpaired) electrons. The van der Waals surface area contributed by atoms with E-state index < -0.39 is 11.8 Å². The van der Waals surface area contributed by atoms with Gasteiger partial charge in [0, 0.05) is 5.56 Å². The van der Waals surface area contributed by atoms with Crippen LogP contribution in [-0.4, -0.2) is 11.8 Å². The highest BCUT2D eigenvalue weighted by Gasteiger charge is 2.13. The maximum absolute atomic E-state index is 14.3. The number of aliphatic imine (C=N–C) groups is 1. The highest BCUT2D eigenvalue weighted by Crippen LogP contribution is 2.21. The van der Waals surface area contributed by atoms with Crippen LogP contribution in [0.2, 0.25) is 0 Å². The van der Waals surface area contributed by atoms with Crippen LogP contribution in [0.5, 0.6) is 0 Å². The maximum atomic E-state index is 14.3. The average molecular weight is 326 g/mol. The minimum absolute atomic E-state index is 0.139. The van der Waals surface area contributed by atoms with Gasteiger partial charge in [0.2, 0.25) is 0 Å². The van der Waals surface area contributed by atoms with E-state index in [4.69, 9.17) is 10.5 Å². The number of esters is 1. The number of nitrogens with zero attached hydrogens (tertiary/aromatic N) is 1. The molecule has 5 heteroatoms. The van der Waals surface area contributed by atoms with Crippen molar-refractivity contribution in [3.05, 3.63) is 77.1 Å². The summed E-state index contributed by atoms with van der Waals surface area (Å²) < 4.78 is 19.5. The molecule has 0 bridgehead atoms. The van der Waals surface area contributed by atoms with Crippen molar-refractivity contribution in [1.82, 2.24) is 0 Å². The van der Waals surface area contributed by atoms with Crippen molar-refractivity contribution in [2.24, 2.45) is 10.7 Å². The van der Waals surface area contributed by atoms with Gasteiger partial charge in [-0.15, -0.1) is 0 Å². The van der Waals surface area contributed by atoms with Crippen molar-refractivity contribution in [1.29, 1.82) is 0 Å². The Morgan fingerprint density at radius 1 is 1.25 bits per heavy atom. The highest BCUT2D eigenvalue weighted by atomic mass is 19.1. The Labute approximate surface area is 140 Å². The van der Waals surface area contributed by atoms with Gasteiger partial charge in [-0.3, -0.25) is 0 Å². The standard InChI is InChI=1S/C19H19FN2O2/c1-3-18(22-13(2)21)16-10-9-15(11-17(16)20)19(23)24-12-14-7-5-4-6-8-14/h3-11H,12H2,1-2H3,(H2,21,22)/b18-3-. The lowest BCUT2D eigenvalue weighted by Gasteiger charge is -2.08. The molecular formula is C19H19FN2O2. The average Bonchev–Trinajstić information content (AvgIpc) is 2.58. The van der Waals surface area contributed by atoms with Crippen LogP contribution in [0.15, 0.2) is 59.6 Å². The number of halogens is 1. The highest BCUT2D eigenvalue weighted by molar-refractivity contribution is 5.90. The van der Waals surface area contributed by atoms with Crippen LogP contribution >= 0.6 is 0 Å². The molecule has 0 saturated heterocycles. The molecule has 0 atom stereocenters. The first-order valence-corrected chi connectivity index (χ1v) is 7.49. The third-order valence-electron chi connectivity index (χ3n) is 3.26. The zero-order chi connectivity index (χ0) is 17.5. The molecule has 0 amide bonds. The summed E-state index contributed by atoms with van der Waals surface area (Å²) in [6.07, 6.45) is 1.65. The molecule has 2 aromatic rings. The molecule has 2 N–H and O–H groups in total. The molecule has 124 valence electrons. The predicted molar refractivity (Wildman–Crippen MR) is 92.9 cm³/mol. The second-order valence-corrected chi connectivity index (χ2v) is 5.18.